The Labute approximate surface area is 847 Å². The van der Waals surface area contributed by atoms with Gasteiger partial charge in [-0.1, -0.05) is 283 Å². The maximum atomic E-state index is 14.3. The number of aryl methyl sites for hydroxylation is 6. The van der Waals surface area contributed by atoms with Crippen molar-refractivity contribution in [2.24, 2.45) is 0 Å². The lowest BCUT2D eigenvalue weighted by Gasteiger charge is -2.19. The van der Waals surface area contributed by atoms with E-state index in [9.17, 15) is 28.4 Å². The molecule has 0 aliphatic carbocycles. The molecule has 0 radical (unpaired) electrons. The van der Waals surface area contributed by atoms with Gasteiger partial charge in [-0.2, -0.15) is 0 Å². The van der Waals surface area contributed by atoms with Gasteiger partial charge in [-0.15, -0.1) is 0 Å². The Morgan fingerprint density at radius 2 is 0.678 bits per heavy atom. The minimum atomic E-state index is -0.423. The Morgan fingerprint density at radius 3 is 1.10 bits per heavy atom. The molecular weight excluding hydrogens is 1920 g/mol. The van der Waals surface area contributed by atoms with Crippen molar-refractivity contribution >= 4 is 98.6 Å². The molecule has 36 heteroatoms. The third kappa shape index (κ3) is 26.1. The summed E-state index contributed by atoms with van der Waals surface area (Å²) in [6.45, 7) is 29.5. The van der Waals surface area contributed by atoms with Gasteiger partial charge in [-0.05, 0) is 193 Å². The fourth-order valence-electron chi connectivity index (χ4n) is 14.5. The summed E-state index contributed by atoms with van der Waals surface area (Å²) in [5.41, 5.74) is 17.1. The maximum Gasteiger partial charge on any atom is 0.266 e. The second-order valence-corrected chi connectivity index (χ2v) is 40.6. The van der Waals surface area contributed by atoms with E-state index in [2.05, 4.69) is 193 Å². The zero-order chi connectivity index (χ0) is 101. The molecule has 0 unspecified atom stereocenters. The van der Waals surface area contributed by atoms with Gasteiger partial charge in [0.05, 0.1) is 10.6 Å². The van der Waals surface area contributed by atoms with E-state index in [-0.39, 0.29) is 61.9 Å². The molecule has 20 aromatic rings. The molecule has 728 valence electrons. The van der Waals surface area contributed by atoms with Crippen LogP contribution in [0.3, 0.4) is 0 Å². The fraction of sp³-hybridized carbons (Fsp3) is 0.206. The SMILES string of the molecule is Cc1ccc(-c2nc(SCOc3ccccc3C)n3[nH]c(=O)cc3n2)cc1.Cc1ccc(C(C)C)c(OCSc2nc(-c3ccccc3F)nc3cc(=O)[nH]n23)c1.Cc1ccc(CSc2nc(-c3ccc(C(C)(C)C)cc3)nc3cc(=O)[nH]n23)cc1.Cc1ccc(OCSc2nc(-c3ccc(C(C)(C)C)cc3)nc3cc(=O)[nH]n23)cc1.Cc1cccc(-c2nc(SCOc3ccccc3Cl)n3[nH]c(=O)cc3n2)c1. The first kappa shape index (κ1) is 101. The van der Waals surface area contributed by atoms with Crippen molar-refractivity contribution in [3.05, 3.63) is 385 Å². The molecule has 10 heterocycles. The highest BCUT2D eigenvalue weighted by atomic mass is 35.5. The Balaban J connectivity index is 0.000000128. The average Bonchev–Trinajstić information content (AvgIpc) is 1.68. The molecule has 0 saturated carbocycles. The molecule has 0 aliphatic heterocycles. The lowest BCUT2D eigenvalue weighted by atomic mass is 9.86. The first-order valence-electron chi connectivity index (χ1n) is 45.5. The van der Waals surface area contributed by atoms with Crippen LogP contribution in [0.4, 0.5) is 4.39 Å². The first-order chi connectivity index (χ1) is 68.7. The molecule has 0 fully saturated rings. The molecule has 0 atom stereocenters. The molecule has 29 nitrogen and oxygen atoms in total. The van der Waals surface area contributed by atoms with Gasteiger partial charge in [0.15, 0.2) is 83.1 Å². The van der Waals surface area contributed by atoms with Crippen molar-refractivity contribution in [3.63, 3.8) is 0 Å². The number of halogens is 2. The summed E-state index contributed by atoms with van der Waals surface area (Å²) in [6.07, 6.45) is 0. The second kappa shape index (κ2) is 45.4. The van der Waals surface area contributed by atoms with E-state index in [1.807, 2.05) is 174 Å². The summed E-state index contributed by atoms with van der Waals surface area (Å²) in [7, 11) is 0. The standard InChI is InChI=1S/C23H24N4O2S.C23H24N4OS.C22H21FN4O2S.C20H18N4O2S.C19H15ClN4O2S/c1-15-5-11-18(12-6-15)29-14-30-22-25-21(24-19-13-20(28)26-27(19)22)16-7-9-17(10-8-16)23(2,3)4;1-15-5-7-16(8-6-15)14-29-22-25-21(24-19-13-20(28)26-27(19)22)17-9-11-18(12-10-17)23(2,3)4;1-13(2)15-9-8-14(3)10-18(15)29-12-30-22-25-21(16-6-4-5-7-17(16)23)24-19-11-20(28)26-27(19)22;1-13-7-9-15(10-8-13)19-21-17-11-18(25)23-24(17)20(22-19)27-12-26-16-6-4-3-5-14(16)2;1-12-5-4-6-13(9-12)18-21-16-10-17(25)23-24(16)19(22-18)27-11-26-15-8-3-2-7-14(15)20/h5-13H,14H2,1-4H3,(H,26,28);5-13H,14H2,1-4H3,(H,26,28);4-11,13H,12H2,1-3H3,(H,26,28);3-11H,12H2,1-2H3,(H,23,25);2-10H,11H2,1H3,(H,23,25). The molecule has 5 N–H and O–H groups in total. The molecule has 10 aromatic heterocycles. The van der Waals surface area contributed by atoms with Crippen LogP contribution in [0.15, 0.2) is 317 Å². The Hall–Kier alpha value is -14.9. The zero-order valence-electron chi connectivity index (χ0n) is 80.7. The summed E-state index contributed by atoms with van der Waals surface area (Å²) >= 11 is 13.1. The molecule has 0 bridgehead atoms. The van der Waals surface area contributed by atoms with E-state index in [4.69, 9.17) is 35.5 Å². The normalized spacial score (nSPS) is 11.4. The van der Waals surface area contributed by atoms with Gasteiger partial charge < -0.3 is 18.9 Å². The highest BCUT2D eigenvalue weighted by Crippen LogP contribution is 2.36. The van der Waals surface area contributed by atoms with Crippen LogP contribution in [0.2, 0.25) is 5.02 Å². The minimum Gasteiger partial charge on any atom is -0.483 e. The van der Waals surface area contributed by atoms with Gasteiger partial charge in [0.2, 0.25) is 0 Å². The lowest BCUT2D eigenvalue weighted by molar-refractivity contribution is 0.385. The Bertz CT molecular complexity index is 8240. The van der Waals surface area contributed by atoms with Crippen molar-refractivity contribution in [3.8, 4) is 79.9 Å². The number of ether oxygens (including phenoxy) is 4. The third-order valence-corrected chi connectivity index (χ3v) is 26.6. The first-order valence-corrected chi connectivity index (χ1v) is 50.8. The predicted molar refractivity (Wildman–Crippen MR) is 567 cm³/mol. The summed E-state index contributed by atoms with van der Waals surface area (Å²) in [5.74, 6) is 7.51. The zero-order valence-corrected chi connectivity index (χ0v) is 85.5. The lowest BCUT2D eigenvalue weighted by Crippen LogP contribution is -2.10. The van der Waals surface area contributed by atoms with Crippen LogP contribution >= 0.6 is 70.4 Å². The van der Waals surface area contributed by atoms with Crippen molar-refractivity contribution in [1.82, 2.24) is 97.9 Å². The van der Waals surface area contributed by atoms with E-state index in [1.165, 1.54) is 121 Å². The third-order valence-electron chi connectivity index (χ3n) is 22.2. The number of aromatic nitrogens is 20. The van der Waals surface area contributed by atoms with Crippen LogP contribution in [0.25, 0.3) is 85.2 Å². The average molecular weight is 2030 g/mol. The van der Waals surface area contributed by atoms with E-state index in [0.717, 1.165) is 67.5 Å². The molecular formula is C107H102ClFN20O9S5. The van der Waals surface area contributed by atoms with E-state index < -0.39 is 5.82 Å². The summed E-state index contributed by atoms with van der Waals surface area (Å²) < 4.78 is 45.6. The molecule has 0 amide bonds. The minimum absolute atomic E-state index is 0.0750. The Morgan fingerprint density at radius 1 is 0.329 bits per heavy atom. The number of para-hydroxylation sites is 2. The number of nitrogens with zero attached hydrogens (tertiary/aromatic N) is 15. The number of nitrogens with one attached hydrogen (secondary N) is 5. The van der Waals surface area contributed by atoms with Crippen molar-refractivity contribution < 1.29 is 23.3 Å². The molecule has 0 aliphatic rings. The second-order valence-electron chi connectivity index (χ2n) is 35.7. The fourth-order valence-corrected chi connectivity index (χ4v) is 18.4. The summed E-state index contributed by atoms with van der Waals surface area (Å²) in [6, 6.07) is 83.6. The summed E-state index contributed by atoms with van der Waals surface area (Å²) in [4.78, 5) is 105. The molecule has 20 rings (SSSR count). The van der Waals surface area contributed by atoms with E-state index >= 15 is 0 Å². The van der Waals surface area contributed by atoms with Crippen LogP contribution in [0.5, 0.6) is 23.0 Å². The number of hydrogen-bond acceptors (Lipinski definition) is 24. The maximum absolute atomic E-state index is 14.3. The van der Waals surface area contributed by atoms with Crippen molar-refractivity contribution in [2.75, 3.05) is 23.8 Å². The Kier molecular flexibility index (Phi) is 32.1. The van der Waals surface area contributed by atoms with Crippen LogP contribution in [-0.2, 0) is 16.6 Å². The number of rotatable bonds is 25. The van der Waals surface area contributed by atoms with Crippen LogP contribution < -0.4 is 46.7 Å². The predicted octanol–water partition coefficient (Wildman–Crippen LogP) is 22.6. The molecule has 0 saturated heterocycles. The van der Waals surface area contributed by atoms with Crippen LogP contribution in [0, 0.1) is 47.4 Å². The van der Waals surface area contributed by atoms with Crippen LogP contribution in [-0.4, -0.2) is 122 Å². The summed E-state index contributed by atoms with van der Waals surface area (Å²) in [5, 5.41) is 17.2. The van der Waals surface area contributed by atoms with Gasteiger partial charge >= 0.3 is 0 Å². The largest absolute Gasteiger partial charge is 0.483 e. The quantitative estimate of drug-likeness (QED) is 0.0262. The van der Waals surface area contributed by atoms with Gasteiger partial charge in [-0.25, -0.2) is 76.8 Å². The highest BCUT2D eigenvalue weighted by Gasteiger charge is 2.23. The van der Waals surface area contributed by atoms with Crippen LogP contribution in [0.1, 0.15) is 117 Å². The molecule has 10 aromatic carbocycles. The number of H-pyrrole nitrogens is 5. The van der Waals surface area contributed by atoms with Gasteiger partial charge in [-0.3, -0.25) is 49.5 Å². The monoisotopic (exact) mass is 2020 g/mol. The van der Waals surface area contributed by atoms with Gasteiger partial charge in [0.25, 0.3) is 27.8 Å². The van der Waals surface area contributed by atoms with E-state index in [1.54, 1.807) is 60.2 Å². The van der Waals surface area contributed by atoms with E-state index in [0.29, 0.717) is 106 Å². The smallest absolute Gasteiger partial charge is 0.266 e. The topological polar surface area (TPSA) is 352 Å². The van der Waals surface area contributed by atoms with Crippen molar-refractivity contribution in [2.45, 2.75) is 145 Å². The van der Waals surface area contributed by atoms with Gasteiger partial charge in [0, 0.05) is 58.3 Å². The van der Waals surface area contributed by atoms with Gasteiger partial charge in [0.1, 0.15) is 52.6 Å². The highest BCUT2D eigenvalue weighted by molar-refractivity contribution is 7.99. The number of benzene rings is 10. The molecule has 143 heavy (non-hydrogen) atoms. The number of fused-ring (bicyclic) bond motifs is 5. The number of aromatic amines is 5. The molecule has 0 spiro atoms. The number of thioether (sulfide) groups is 5. The number of hydrogen-bond donors (Lipinski definition) is 5. The van der Waals surface area contributed by atoms with Crippen molar-refractivity contribution in [1.29, 1.82) is 0 Å².